The first-order valence-electron chi connectivity index (χ1n) is 7.09. The van der Waals surface area contributed by atoms with E-state index < -0.39 is 10.0 Å². The van der Waals surface area contributed by atoms with Crippen molar-refractivity contribution < 1.29 is 13.2 Å². The first-order chi connectivity index (χ1) is 10.6. The molecule has 0 atom stereocenters. The van der Waals surface area contributed by atoms with Crippen molar-refractivity contribution in [2.45, 2.75) is 11.4 Å². The van der Waals surface area contributed by atoms with E-state index in [1.165, 1.54) is 11.4 Å². The molecule has 1 aliphatic rings. The molecule has 0 aliphatic carbocycles. The van der Waals surface area contributed by atoms with Crippen molar-refractivity contribution in [1.29, 1.82) is 0 Å². The lowest BCUT2D eigenvalue weighted by Gasteiger charge is -2.25. The molecule has 2 aromatic rings. The van der Waals surface area contributed by atoms with E-state index in [1.807, 2.05) is 24.3 Å². The predicted octanol–water partition coefficient (Wildman–Crippen LogP) is 2.42. The fourth-order valence-electron chi connectivity index (χ4n) is 2.63. The molecule has 124 valence electrons. The summed E-state index contributed by atoms with van der Waals surface area (Å²) in [4.78, 5) is 0.189. The fourth-order valence-corrected chi connectivity index (χ4v) is 4.29. The Balaban J connectivity index is 0.00000192. The predicted molar refractivity (Wildman–Crippen MR) is 92.9 cm³/mol. The molecule has 0 radical (unpaired) electrons. The Morgan fingerprint density at radius 1 is 1.09 bits per heavy atom. The average molecular weight is 355 g/mol. The van der Waals surface area contributed by atoms with E-state index in [0.29, 0.717) is 25.4 Å². The molecule has 7 heteroatoms. The Kier molecular flexibility index (Phi) is 5.51. The maximum atomic E-state index is 13.1. The van der Waals surface area contributed by atoms with Gasteiger partial charge >= 0.3 is 0 Å². The van der Waals surface area contributed by atoms with Crippen molar-refractivity contribution in [2.75, 3.05) is 24.5 Å². The van der Waals surface area contributed by atoms with Crippen LogP contribution in [0.2, 0.25) is 0 Å². The van der Waals surface area contributed by atoms with Crippen molar-refractivity contribution in [3.8, 4) is 5.75 Å². The molecule has 0 fully saturated rings. The molecule has 0 unspecified atom stereocenters. The molecular weight excluding hydrogens is 336 g/mol. The third kappa shape index (κ3) is 3.29. The van der Waals surface area contributed by atoms with Crippen LogP contribution in [0, 0.1) is 0 Å². The molecule has 1 heterocycles. The van der Waals surface area contributed by atoms with Crippen LogP contribution in [-0.4, -0.2) is 28.6 Å². The smallest absolute Gasteiger partial charge is 0.268 e. The van der Waals surface area contributed by atoms with E-state index in [-0.39, 0.29) is 17.3 Å². The molecular formula is C16H19ClN2O3S. The van der Waals surface area contributed by atoms with Crippen LogP contribution in [0.1, 0.15) is 5.56 Å². The second-order valence-corrected chi connectivity index (χ2v) is 6.86. The van der Waals surface area contributed by atoms with Gasteiger partial charge in [-0.2, -0.15) is 0 Å². The first kappa shape index (κ1) is 17.6. The summed E-state index contributed by atoms with van der Waals surface area (Å²) >= 11 is 0. The molecule has 1 aliphatic heterocycles. The summed E-state index contributed by atoms with van der Waals surface area (Å²) in [5.74, 6) is 0.359. The zero-order valence-electron chi connectivity index (χ0n) is 12.7. The number of nitrogens with zero attached hydrogens (tertiary/aromatic N) is 1. The molecule has 3 rings (SSSR count). The molecule has 0 aromatic heterocycles. The summed E-state index contributed by atoms with van der Waals surface area (Å²) < 4.78 is 32.9. The van der Waals surface area contributed by atoms with Crippen LogP contribution < -0.4 is 14.4 Å². The van der Waals surface area contributed by atoms with Gasteiger partial charge < -0.3 is 10.1 Å². The van der Waals surface area contributed by atoms with Gasteiger partial charge in [0.05, 0.1) is 12.8 Å². The third-order valence-corrected chi connectivity index (χ3v) is 5.56. The van der Waals surface area contributed by atoms with Crippen LogP contribution in [0.3, 0.4) is 0 Å². The first-order valence-corrected chi connectivity index (χ1v) is 8.53. The van der Waals surface area contributed by atoms with Crippen LogP contribution in [-0.2, 0) is 16.6 Å². The van der Waals surface area contributed by atoms with Crippen LogP contribution >= 0.6 is 12.4 Å². The van der Waals surface area contributed by atoms with E-state index in [9.17, 15) is 8.42 Å². The number of hydrogen-bond acceptors (Lipinski definition) is 4. The van der Waals surface area contributed by atoms with Crippen LogP contribution in [0.15, 0.2) is 53.4 Å². The van der Waals surface area contributed by atoms with Crippen molar-refractivity contribution in [1.82, 2.24) is 5.32 Å². The lowest BCUT2D eigenvalue weighted by Crippen LogP contribution is -2.35. The number of methoxy groups -OCH3 is 1. The summed E-state index contributed by atoms with van der Waals surface area (Å²) in [6, 6.07) is 14.3. The van der Waals surface area contributed by atoms with Crippen molar-refractivity contribution in [3.05, 3.63) is 54.1 Å². The van der Waals surface area contributed by atoms with Crippen LogP contribution in [0.4, 0.5) is 5.69 Å². The number of benzene rings is 2. The van der Waals surface area contributed by atoms with Gasteiger partial charge in [0.1, 0.15) is 10.6 Å². The number of nitrogens with one attached hydrogen (secondary N) is 1. The molecule has 1 N–H and O–H groups in total. The standard InChI is InChI=1S/C16H18N2O3S.ClH/c1-21-15-8-4-5-9-16(15)22(19,20)18-11-10-17-12-13-6-2-3-7-14(13)18;/h2-9,17H,10-12H2,1H3;1H. The second-order valence-electron chi connectivity index (χ2n) is 5.03. The molecule has 0 amide bonds. The molecule has 0 saturated heterocycles. The largest absolute Gasteiger partial charge is 0.495 e. The van der Waals surface area contributed by atoms with Gasteiger partial charge in [0.15, 0.2) is 0 Å². The maximum absolute atomic E-state index is 13.1. The van der Waals surface area contributed by atoms with E-state index in [1.54, 1.807) is 24.3 Å². The third-order valence-electron chi connectivity index (χ3n) is 3.70. The lowest BCUT2D eigenvalue weighted by molar-refractivity contribution is 0.402. The number of fused-ring (bicyclic) bond motifs is 1. The quantitative estimate of drug-likeness (QED) is 0.919. The van der Waals surface area contributed by atoms with E-state index in [4.69, 9.17) is 4.74 Å². The number of para-hydroxylation sites is 2. The molecule has 0 spiro atoms. The van der Waals surface area contributed by atoms with Gasteiger partial charge in [0.25, 0.3) is 10.0 Å². The number of ether oxygens (including phenoxy) is 1. The molecule has 23 heavy (non-hydrogen) atoms. The Labute approximate surface area is 142 Å². The van der Waals surface area contributed by atoms with Gasteiger partial charge in [-0.25, -0.2) is 8.42 Å². The van der Waals surface area contributed by atoms with E-state index >= 15 is 0 Å². The highest BCUT2D eigenvalue weighted by molar-refractivity contribution is 7.93. The van der Waals surface area contributed by atoms with Gasteiger partial charge in [-0.1, -0.05) is 30.3 Å². The van der Waals surface area contributed by atoms with Gasteiger partial charge in [-0.05, 0) is 23.8 Å². The zero-order chi connectivity index (χ0) is 15.6. The molecule has 0 saturated carbocycles. The zero-order valence-corrected chi connectivity index (χ0v) is 14.4. The second kappa shape index (κ2) is 7.21. The topological polar surface area (TPSA) is 58.6 Å². The minimum atomic E-state index is -3.67. The summed E-state index contributed by atoms with van der Waals surface area (Å²) in [5, 5.41) is 3.25. The fraction of sp³-hybridized carbons (Fsp3) is 0.250. The maximum Gasteiger partial charge on any atom is 0.268 e. The summed E-state index contributed by atoms with van der Waals surface area (Å²) in [5.41, 5.74) is 1.69. The highest BCUT2D eigenvalue weighted by Gasteiger charge is 2.30. The van der Waals surface area contributed by atoms with Crippen LogP contribution in [0.5, 0.6) is 5.75 Å². The lowest BCUT2D eigenvalue weighted by atomic mass is 10.2. The molecule has 0 bridgehead atoms. The number of rotatable bonds is 3. The van der Waals surface area contributed by atoms with Gasteiger partial charge in [-0.3, -0.25) is 4.31 Å². The average Bonchev–Trinajstić information content (AvgIpc) is 2.77. The number of anilines is 1. The van der Waals surface area contributed by atoms with Crippen molar-refractivity contribution in [3.63, 3.8) is 0 Å². The highest BCUT2D eigenvalue weighted by atomic mass is 35.5. The van der Waals surface area contributed by atoms with Gasteiger partial charge in [0, 0.05) is 19.6 Å². The van der Waals surface area contributed by atoms with Gasteiger partial charge in [0.2, 0.25) is 0 Å². The Hall–Kier alpha value is -1.76. The van der Waals surface area contributed by atoms with Crippen molar-refractivity contribution >= 4 is 28.1 Å². The summed E-state index contributed by atoms with van der Waals surface area (Å²) in [6.07, 6.45) is 0. The number of halogens is 1. The normalized spacial score (nSPS) is 14.4. The number of hydrogen-bond donors (Lipinski definition) is 1. The number of sulfonamides is 1. The van der Waals surface area contributed by atoms with Gasteiger partial charge in [-0.15, -0.1) is 12.4 Å². The van der Waals surface area contributed by atoms with E-state index in [2.05, 4.69) is 5.32 Å². The minimum absolute atomic E-state index is 0. The minimum Gasteiger partial charge on any atom is -0.495 e. The van der Waals surface area contributed by atoms with Crippen molar-refractivity contribution in [2.24, 2.45) is 0 Å². The molecule has 2 aromatic carbocycles. The highest BCUT2D eigenvalue weighted by Crippen LogP contribution is 2.32. The SMILES string of the molecule is COc1ccccc1S(=O)(=O)N1CCNCc2ccccc21.Cl. The summed E-state index contributed by atoms with van der Waals surface area (Å²) in [7, 11) is -2.19. The summed E-state index contributed by atoms with van der Waals surface area (Å²) in [6.45, 7) is 1.65. The van der Waals surface area contributed by atoms with E-state index in [0.717, 1.165) is 11.3 Å². The Morgan fingerprint density at radius 2 is 1.78 bits per heavy atom. The Morgan fingerprint density at radius 3 is 2.57 bits per heavy atom. The monoisotopic (exact) mass is 354 g/mol. The van der Waals surface area contributed by atoms with Crippen LogP contribution in [0.25, 0.3) is 0 Å². The Bertz CT molecular complexity index is 780. The molecule has 5 nitrogen and oxygen atoms in total.